The van der Waals surface area contributed by atoms with Crippen molar-refractivity contribution in [3.8, 4) is 0 Å². The molecule has 0 aliphatic carbocycles. The van der Waals surface area contributed by atoms with E-state index in [9.17, 15) is 17.6 Å². The van der Waals surface area contributed by atoms with Crippen molar-refractivity contribution < 1.29 is 17.6 Å². The van der Waals surface area contributed by atoms with Crippen LogP contribution in [-0.4, -0.2) is 31.5 Å². The number of halogens is 1. The van der Waals surface area contributed by atoms with Crippen LogP contribution < -0.4 is 0 Å². The molecule has 0 bridgehead atoms. The van der Waals surface area contributed by atoms with Crippen LogP contribution in [0.25, 0.3) is 0 Å². The fourth-order valence-electron chi connectivity index (χ4n) is 2.31. The molecular formula is C15H18FNO3S. The van der Waals surface area contributed by atoms with Gasteiger partial charge < -0.3 is 4.90 Å². The minimum Gasteiger partial charge on any atom is -0.339 e. The van der Waals surface area contributed by atoms with Crippen LogP contribution in [0.4, 0.5) is 4.39 Å². The van der Waals surface area contributed by atoms with Gasteiger partial charge in [0.1, 0.15) is 5.82 Å². The fourth-order valence-corrected chi connectivity index (χ4v) is 3.71. The third kappa shape index (κ3) is 4.39. The van der Waals surface area contributed by atoms with Crippen molar-refractivity contribution in [2.45, 2.75) is 19.9 Å². The van der Waals surface area contributed by atoms with Gasteiger partial charge in [-0.05, 0) is 24.6 Å². The first-order chi connectivity index (χ1) is 9.89. The molecule has 6 heteroatoms. The zero-order valence-corrected chi connectivity index (χ0v) is 12.6. The summed E-state index contributed by atoms with van der Waals surface area (Å²) in [6, 6.07) is 6.01. The Morgan fingerprint density at radius 1 is 1.33 bits per heavy atom. The molecule has 1 aromatic rings. The Bertz CT molecular complexity index is 637. The van der Waals surface area contributed by atoms with Crippen molar-refractivity contribution >= 4 is 15.7 Å². The third-order valence-corrected chi connectivity index (χ3v) is 4.93. The fraction of sp³-hybridized carbons (Fsp3) is 0.400. The number of hydrogen-bond acceptors (Lipinski definition) is 3. The molecule has 0 saturated heterocycles. The summed E-state index contributed by atoms with van der Waals surface area (Å²) in [5.74, 6) is -0.639. The predicted molar refractivity (Wildman–Crippen MR) is 78.5 cm³/mol. The van der Waals surface area contributed by atoms with Crippen LogP contribution in [0.1, 0.15) is 18.9 Å². The molecule has 1 aliphatic heterocycles. The van der Waals surface area contributed by atoms with Gasteiger partial charge in [0.2, 0.25) is 5.91 Å². The number of amides is 1. The molecule has 0 N–H and O–H groups in total. The molecule has 21 heavy (non-hydrogen) atoms. The number of rotatable bonds is 5. The molecule has 2 rings (SSSR count). The van der Waals surface area contributed by atoms with Crippen molar-refractivity contribution in [1.82, 2.24) is 4.90 Å². The van der Waals surface area contributed by atoms with Crippen LogP contribution in [0, 0.1) is 11.7 Å². The second-order valence-electron chi connectivity index (χ2n) is 5.16. The molecule has 1 aliphatic rings. The lowest BCUT2D eigenvalue weighted by molar-refractivity contribution is -0.132. The highest BCUT2D eigenvalue weighted by Gasteiger charge is 2.25. The zero-order chi connectivity index (χ0) is 15.5. The van der Waals surface area contributed by atoms with Crippen molar-refractivity contribution in [2.75, 3.05) is 12.3 Å². The summed E-state index contributed by atoms with van der Waals surface area (Å²) in [5, 5.41) is 1.18. The minimum atomic E-state index is -3.13. The van der Waals surface area contributed by atoms with Crippen LogP contribution in [0.5, 0.6) is 0 Å². The summed E-state index contributed by atoms with van der Waals surface area (Å²) in [4.78, 5) is 13.9. The summed E-state index contributed by atoms with van der Waals surface area (Å²) >= 11 is 0. The van der Waals surface area contributed by atoms with E-state index in [1.165, 1.54) is 17.5 Å². The average molecular weight is 311 g/mol. The SMILES string of the molecule is CCN(Cc1ccc(F)cc1)C(=O)C[C@@H]1C=CS(=O)(=O)C1. The standard InChI is InChI=1S/C15H18FNO3S/c1-2-17(10-12-3-5-14(16)6-4-12)15(18)9-13-7-8-21(19,20)11-13/h3-8,13H,2,9-11H2,1H3/t13-/m0/s1. The zero-order valence-electron chi connectivity index (χ0n) is 11.8. The first-order valence-corrected chi connectivity index (χ1v) is 8.54. The van der Waals surface area contributed by atoms with E-state index in [2.05, 4.69) is 0 Å². The molecule has 114 valence electrons. The van der Waals surface area contributed by atoms with E-state index in [0.717, 1.165) is 5.56 Å². The number of nitrogens with zero attached hydrogens (tertiary/aromatic N) is 1. The Hall–Kier alpha value is -1.69. The maximum atomic E-state index is 12.9. The molecule has 0 spiro atoms. The van der Waals surface area contributed by atoms with E-state index < -0.39 is 9.84 Å². The van der Waals surface area contributed by atoms with Gasteiger partial charge in [-0.2, -0.15) is 0 Å². The van der Waals surface area contributed by atoms with Crippen molar-refractivity contribution in [3.63, 3.8) is 0 Å². The lowest BCUT2D eigenvalue weighted by atomic mass is 10.1. The molecule has 0 aromatic heterocycles. The van der Waals surface area contributed by atoms with Gasteiger partial charge >= 0.3 is 0 Å². The normalized spacial score (nSPS) is 19.6. The van der Waals surface area contributed by atoms with Gasteiger partial charge in [0.25, 0.3) is 0 Å². The molecule has 1 amide bonds. The number of benzene rings is 1. The molecular weight excluding hydrogens is 293 g/mol. The van der Waals surface area contributed by atoms with Gasteiger partial charge in [-0.1, -0.05) is 18.2 Å². The summed E-state index contributed by atoms with van der Waals surface area (Å²) < 4.78 is 35.5. The lowest BCUT2D eigenvalue weighted by Gasteiger charge is -2.22. The van der Waals surface area contributed by atoms with Crippen molar-refractivity contribution in [1.29, 1.82) is 0 Å². The van der Waals surface area contributed by atoms with E-state index in [1.807, 2.05) is 6.92 Å². The Balaban J connectivity index is 1.96. The monoisotopic (exact) mass is 311 g/mol. The predicted octanol–water partition coefficient (Wildman–Crippen LogP) is 2.12. The average Bonchev–Trinajstić information content (AvgIpc) is 2.77. The Labute approximate surface area is 124 Å². The van der Waals surface area contributed by atoms with Crippen molar-refractivity contribution in [3.05, 3.63) is 47.1 Å². The molecule has 0 radical (unpaired) electrons. The van der Waals surface area contributed by atoms with Gasteiger partial charge in [-0.25, -0.2) is 12.8 Å². The van der Waals surface area contributed by atoms with Crippen LogP contribution in [0.15, 0.2) is 35.7 Å². The Morgan fingerprint density at radius 2 is 2.00 bits per heavy atom. The van der Waals surface area contributed by atoms with Crippen LogP contribution in [0.3, 0.4) is 0 Å². The van der Waals surface area contributed by atoms with Crippen LogP contribution >= 0.6 is 0 Å². The van der Waals surface area contributed by atoms with E-state index in [-0.39, 0.29) is 29.8 Å². The Kier molecular flexibility index (Phi) is 4.77. The highest BCUT2D eigenvalue weighted by atomic mass is 32.2. The summed E-state index contributed by atoms with van der Waals surface area (Å²) in [7, 11) is -3.13. The first kappa shape index (κ1) is 15.7. The first-order valence-electron chi connectivity index (χ1n) is 6.83. The van der Waals surface area contributed by atoms with E-state index >= 15 is 0 Å². The quantitative estimate of drug-likeness (QED) is 0.837. The minimum absolute atomic E-state index is 0.00679. The second-order valence-corrected chi connectivity index (χ2v) is 7.09. The molecule has 0 unspecified atom stereocenters. The number of carbonyl (C=O) groups is 1. The van der Waals surface area contributed by atoms with Gasteiger partial charge in [0.15, 0.2) is 9.84 Å². The second kappa shape index (κ2) is 6.39. The highest BCUT2D eigenvalue weighted by Crippen LogP contribution is 2.20. The topological polar surface area (TPSA) is 54.5 Å². The molecule has 0 saturated carbocycles. The van der Waals surface area contributed by atoms with Gasteiger partial charge in [0.05, 0.1) is 5.75 Å². The Morgan fingerprint density at radius 3 is 2.52 bits per heavy atom. The number of hydrogen-bond donors (Lipinski definition) is 0. The maximum absolute atomic E-state index is 12.9. The van der Waals surface area contributed by atoms with E-state index in [0.29, 0.717) is 13.1 Å². The number of sulfone groups is 1. The molecule has 1 atom stereocenters. The molecule has 0 fully saturated rings. The molecule has 1 heterocycles. The van der Waals surface area contributed by atoms with Gasteiger partial charge in [-0.15, -0.1) is 0 Å². The highest BCUT2D eigenvalue weighted by molar-refractivity contribution is 7.94. The van der Waals surface area contributed by atoms with E-state index in [4.69, 9.17) is 0 Å². The molecule has 4 nitrogen and oxygen atoms in total. The van der Waals surface area contributed by atoms with Gasteiger partial charge in [0, 0.05) is 30.8 Å². The lowest BCUT2D eigenvalue weighted by Crippen LogP contribution is -2.31. The number of carbonyl (C=O) groups excluding carboxylic acids is 1. The van der Waals surface area contributed by atoms with E-state index in [1.54, 1.807) is 23.1 Å². The maximum Gasteiger partial charge on any atom is 0.223 e. The third-order valence-electron chi connectivity index (χ3n) is 3.46. The largest absolute Gasteiger partial charge is 0.339 e. The van der Waals surface area contributed by atoms with Crippen LogP contribution in [-0.2, 0) is 21.2 Å². The summed E-state index contributed by atoms with van der Waals surface area (Å²) in [6.07, 6.45) is 1.77. The summed E-state index contributed by atoms with van der Waals surface area (Å²) in [6.45, 7) is 2.79. The number of allylic oxidation sites excluding steroid dienone is 1. The smallest absolute Gasteiger partial charge is 0.223 e. The molecule has 1 aromatic carbocycles. The summed E-state index contributed by atoms with van der Waals surface area (Å²) in [5.41, 5.74) is 0.848. The van der Waals surface area contributed by atoms with Crippen molar-refractivity contribution in [2.24, 2.45) is 5.92 Å². The van der Waals surface area contributed by atoms with Gasteiger partial charge in [-0.3, -0.25) is 4.79 Å². The van der Waals surface area contributed by atoms with Crippen LogP contribution in [0.2, 0.25) is 0 Å².